The quantitative estimate of drug-likeness (QED) is 0.763. The molecule has 0 saturated carbocycles. The van der Waals surface area contributed by atoms with E-state index in [-0.39, 0.29) is 0 Å². The van der Waals surface area contributed by atoms with E-state index in [0.29, 0.717) is 0 Å². The molecule has 17 heavy (non-hydrogen) atoms. The fourth-order valence-corrected chi connectivity index (χ4v) is 2.33. The maximum Gasteiger partial charge on any atom is 0.0442 e. The third-order valence-corrected chi connectivity index (χ3v) is 3.11. The van der Waals surface area contributed by atoms with Crippen LogP contribution in [-0.2, 0) is 12.8 Å². The van der Waals surface area contributed by atoms with Crippen LogP contribution in [-0.4, -0.2) is 4.98 Å². The molecule has 0 fully saturated rings. The number of aryl methyl sites for hydroxylation is 2. The summed E-state index contributed by atoms with van der Waals surface area (Å²) >= 11 is 0. The SMILES string of the molecule is CCc1nc(C)cc(-c2ccccc2)c1CC. The van der Waals surface area contributed by atoms with Gasteiger partial charge in [-0.15, -0.1) is 0 Å². The van der Waals surface area contributed by atoms with Gasteiger partial charge in [0.1, 0.15) is 0 Å². The highest BCUT2D eigenvalue weighted by Gasteiger charge is 2.09. The molecule has 0 amide bonds. The molecule has 1 aromatic carbocycles. The topological polar surface area (TPSA) is 12.9 Å². The number of hydrogen-bond acceptors (Lipinski definition) is 1. The Morgan fingerprint density at radius 1 is 1.00 bits per heavy atom. The fraction of sp³-hybridized carbons (Fsp3) is 0.312. The van der Waals surface area contributed by atoms with Crippen molar-refractivity contribution in [3.8, 4) is 11.1 Å². The van der Waals surface area contributed by atoms with Crippen LogP contribution in [0.4, 0.5) is 0 Å². The fourth-order valence-electron chi connectivity index (χ4n) is 2.33. The van der Waals surface area contributed by atoms with Crippen molar-refractivity contribution < 1.29 is 0 Å². The predicted molar refractivity (Wildman–Crippen MR) is 73.2 cm³/mol. The van der Waals surface area contributed by atoms with E-state index >= 15 is 0 Å². The number of hydrogen-bond donors (Lipinski definition) is 0. The Morgan fingerprint density at radius 2 is 1.71 bits per heavy atom. The maximum atomic E-state index is 4.65. The molecule has 88 valence electrons. The molecule has 1 heterocycles. The highest BCUT2D eigenvalue weighted by atomic mass is 14.7. The van der Waals surface area contributed by atoms with Crippen LogP contribution >= 0.6 is 0 Å². The second-order valence-electron chi connectivity index (χ2n) is 4.31. The van der Waals surface area contributed by atoms with E-state index in [1.165, 1.54) is 22.4 Å². The van der Waals surface area contributed by atoms with Gasteiger partial charge in [0.05, 0.1) is 0 Å². The molecule has 0 unspecified atom stereocenters. The van der Waals surface area contributed by atoms with Gasteiger partial charge in [0.2, 0.25) is 0 Å². The van der Waals surface area contributed by atoms with Crippen molar-refractivity contribution in [3.05, 3.63) is 53.3 Å². The number of aromatic nitrogens is 1. The second kappa shape index (κ2) is 5.13. The van der Waals surface area contributed by atoms with Crippen LogP contribution < -0.4 is 0 Å². The minimum Gasteiger partial charge on any atom is -0.258 e. The normalized spacial score (nSPS) is 10.5. The third-order valence-electron chi connectivity index (χ3n) is 3.11. The standard InChI is InChI=1S/C16H19N/c1-4-14-15(13-9-7-6-8-10-13)11-12(3)17-16(14)5-2/h6-11H,4-5H2,1-3H3. The van der Waals surface area contributed by atoms with Gasteiger partial charge in [0, 0.05) is 11.4 Å². The maximum absolute atomic E-state index is 4.65. The zero-order chi connectivity index (χ0) is 12.3. The van der Waals surface area contributed by atoms with Crippen molar-refractivity contribution in [1.82, 2.24) is 4.98 Å². The smallest absolute Gasteiger partial charge is 0.0442 e. The Bertz CT molecular complexity index is 500. The van der Waals surface area contributed by atoms with E-state index in [1.54, 1.807) is 0 Å². The van der Waals surface area contributed by atoms with Crippen LogP contribution in [0.15, 0.2) is 36.4 Å². The van der Waals surface area contributed by atoms with E-state index < -0.39 is 0 Å². The summed E-state index contributed by atoms with van der Waals surface area (Å²) in [6, 6.07) is 12.8. The Balaban J connectivity index is 2.64. The summed E-state index contributed by atoms with van der Waals surface area (Å²) in [5, 5.41) is 0. The van der Waals surface area contributed by atoms with E-state index in [1.807, 2.05) is 0 Å². The summed E-state index contributed by atoms with van der Waals surface area (Å²) in [4.78, 5) is 4.65. The molecule has 0 aliphatic carbocycles. The number of nitrogens with zero attached hydrogens (tertiary/aromatic N) is 1. The Labute approximate surface area is 104 Å². The van der Waals surface area contributed by atoms with Gasteiger partial charge in [0.25, 0.3) is 0 Å². The van der Waals surface area contributed by atoms with E-state index in [9.17, 15) is 0 Å². The van der Waals surface area contributed by atoms with Gasteiger partial charge in [-0.3, -0.25) is 4.98 Å². The molecule has 0 aliphatic rings. The first kappa shape index (κ1) is 11.8. The molecule has 0 aliphatic heterocycles. The molecule has 1 nitrogen and oxygen atoms in total. The summed E-state index contributed by atoms with van der Waals surface area (Å²) in [6.45, 7) is 6.46. The van der Waals surface area contributed by atoms with Crippen LogP contribution in [0, 0.1) is 6.92 Å². The number of pyridine rings is 1. The number of rotatable bonds is 3. The van der Waals surface area contributed by atoms with E-state index in [0.717, 1.165) is 18.5 Å². The minimum absolute atomic E-state index is 1.00. The zero-order valence-electron chi connectivity index (χ0n) is 10.8. The van der Waals surface area contributed by atoms with Crippen LogP contribution in [0.2, 0.25) is 0 Å². The van der Waals surface area contributed by atoms with Crippen molar-refractivity contribution in [2.75, 3.05) is 0 Å². The summed E-state index contributed by atoms with van der Waals surface area (Å²) in [7, 11) is 0. The molecule has 1 heteroatoms. The Hall–Kier alpha value is -1.63. The van der Waals surface area contributed by atoms with Crippen molar-refractivity contribution in [2.45, 2.75) is 33.6 Å². The molecule has 0 spiro atoms. The molecule has 0 bridgehead atoms. The number of benzene rings is 1. The summed E-state index contributed by atoms with van der Waals surface area (Å²) in [5.74, 6) is 0. The first-order valence-electron chi connectivity index (χ1n) is 6.31. The van der Waals surface area contributed by atoms with Gasteiger partial charge >= 0.3 is 0 Å². The lowest BCUT2D eigenvalue weighted by molar-refractivity contribution is 0.947. The average Bonchev–Trinajstić information content (AvgIpc) is 2.38. The molecular formula is C16H19N. The van der Waals surface area contributed by atoms with E-state index in [2.05, 4.69) is 62.2 Å². The molecular weight excluding hydrogens is 206 g/mol. The van der Waals surface area contributed by atoms with Crippen molar-refractivity contribution >= 4 is 0 Å². The largest absolute Gasteiger partial charge is 0.258 e. The van der Waals surface area contributed by atoms with Gasteiger partial charge in [-0.25, -0.2) is 0 Å². The lowest BCUT2D eigenvalue weighted by Gasteiger charge is -2.13. The monoisotopic (exact) mass is 225 g/mol. The first-order chi connectivity index (χ1) is 8.26. The predicted octanol–water partition coefficient (Wildman–Crippen LogP) is 4.18. The highest BCUT2D eigenvalue weighted by molar-refractivity contribution is 5.68. The lowest BCUT2D eigenvalue weighted by atomic mass is 9.95. The third kappa shape index (κ3) is 2.38. The molecule has 0 N–H and O–H groups in total. The lowest BCUT2D eigenvalue weighted by Crippen LogP contribution is -2.00. The van der Waals surface area contributed by atoms with Crippen LogP contribution in [0.1, 0.15) is 30.8 Å². The molecule has 0 saturated heterocycles. The summed E-state index contributed by atoms with van der Waals surface area (Å²) < 4.78 is 0. The first-order valence-corrected chi connectivity index (χ1v) is 6.31. The minimum atomic E-state index is 1.00. The molecule has 0 radical (unpaired) electrons. The summed E-state index contributed by atoms with van der Waals surface area (Å²) in [5.41, 5.74) is 6.38. The van der Waals surface area contributed by atoms with Gasteiger partial charge in [-0.2, -0.15) is 0 Å². The van der Waals surface area contributed by atoms with E-state index in [4.69, 9.17) is 0 Å². The van der Waals surface area contributed by atoms with Gasteiger partial charge in [-0.1, -0.05) is 44.2 Å². The van der Waals surface area contributed by atoms with Crippen molar-refractivity contribution in [3.63, 3.8) is 0 Å². The molecule has 1 aromatic heterocycles. The zero-order valence-corrected chi connectivity index (χ0v) is 10.8. The average molecular weight is 225 g/mol. The Kier molecular flexibility index (Phi) is 3.58. The van der Waals surface area contributed by atoms with Crippen LogP contribution in [0.3, 0.4) is 0 Å². The van der Waals surface area contributed by atoms with Gasteiger partial charge in [-0.05, 0) is 42.5 Å². The van der Waals surface area contributed by atoms with Crippen LogP contribution in [0.5, 0.6) is 0 Å². The molecule has 2 rings (SSSR count). The molecule has 2 aromatic rings. The second-order valence-corrected chi connectivity index (χ2v) is 4.31. The van der Waals surface area contributed by atoms with Crippen molar-refractivity contribution in [2.24, 2.45) is 0 Å². The van der Waals surface area contributed by atoms with Crippen LogP contribution in [0.25, 0.3) is 11.1 Å². The van der Waals surface area contributed by atoms with Crippen molar-refractivity contribution in [1.29, 1.82) is 0 Å². The van der Waals surface area contributed by atoms with Gasteiger partial charge < -0.3 is 0 Å². The molecule has 0 atom stereocenters. The van der Waals surface area contributed by atoms with Gasteiger partial charge in [0.15, 0.2) is 0 Å². The Morgan fingerprint density at radius 3 is 2.29 bits per heavy atom. The summed E-state index contributed by atoms with van der Waals surface area (Å²) in [6.07, 6.45) is 2.05. The highest BCUT2D eigenvalue weighted by Crippen LogP contribution is 2.27.